The zero-order valence-corrected chi connectivity index (χ0v) is 19.8. The molecule has 0 aliphatic carbocycles. The topological polar surface area (TPSA) is 114 Å². The van der Waals surface area contributed by atoms with Gasteiger partial charge in [0, 0.05) is 38.9 Å². The lowest BCUT2D eigenvalue weighted by atomic mass is 10.1. The van der Waals surface area contributed by atoms with Gasteiger partial charge in [0.15, 0.2) is 10.8 Å². The van der Waals surface area contributed by atoms with E-state index in [0.717, 1.165) is 5.39 Å². The lowest BCUT2D eigenvalue weighted by Crippen LogP contribution is -2.35. The number of aromatic nitrogens is 4. The molecule has 2 aromatic heterocycles. The van der Waals surface area contributed by atoms with Crippen LogP contribution in [0.15, 0.2) is 35.6 Å². The summed E-state index contributed by atoms with van der Waals surface area (Å²) >= 11 is 1.43. The van der Waals surface area contributed by atoms with Gasteiger partial charge in [0.05, 0.1) is 30.7 Å². The first-order valence-electron chi connectivity index (χ1n) is 10.8. The van der Waals surface area contributed by atoms with Crippen LogP contribution in [-0.2, 0) is 20.9 Å². The quantitative estimate of drug-likeness (QED) is 0.253. The molecule has 0 saturated carbocycles. The van der Waals surface area contributed by atoms with E-state index < -0.39 is 5.92 Å². The highest BCUT2D eigenvalue weighted by molar-refractivity contribution is 7.98. The molecule has 1 aromatic carbocycles. The predicted molar refractivity (Wildman–Crippen MR) is 127 cm³/mol. The molecule has 2 amide bonds. The molecule has 2 N–H and O–H groups in total. The van der Waals surface area contributed by atoms with Gasteiger partial charge >= 0.3 is 0 Å². The number of anilines is 2. The van der Waals surface area contributed by atoms with Crippen molar-refractivity contribution >= 4 is 46.1 Å². The molecule has 34 heavy (non-hydrogen) atoms. The highest BCUT2D eigenvalue weighted by Gasteiger charge is 2.35. The predicted octanol–water partition coefficient (Wildman–Crippen LogP) is 1.91. The highest BCUT2D eigenvalue weighted by Crippen LogP contribution is 2.26. The molecular weight excluding hydrogens is 461 g/mol. The second kappa shape index (κ2) is 10.8. The van der Waals surface area contributed by atoms with E-state index in [2.05, 4.69) is 25.7 Å². The summed E-state index contributed by atoms with van der Waals surface area (Å²) in [6.07, 6.45) is 3.72. The number of nitrogens with one attached hydrogen (secondary N) is 2. The van der Waals surface area contributed by atoms with Crippen molar-refractivity contribution in [1.82, 2.24) is 25.1 Å². The number of rotatable bonds is 10. The number of carbonyl (C=O) groups excluding carboxylic acids is 2. The Kier molecular flexibility index (Phi) is 7.58. The molecule has 0 spiro atoms. The number of halogens is 1. The van der Waals surface area contributed by atoms with Gasteiger partial charge in [-0.15, -0.1) is 0 Å². The number of benzene rings is 1. The highest BCUT2D eigenvalue weighted by atomic mass is 32.2. The fourth-order valence-electron chi connectivity index (χ4n) is 3.78. The van der Waals surface area contributed by atoms with Gasteiger partial charge < -0.3 is 20.3 Å². The third kappa shape index (κ3) is 5.28. The Morgan fingerprint density at radius 3 is 2.79 bits per heavy atom. The summed E-state index contributed by atoms with van der Waals surface area (Å²) < 4.78 is 20.0. The van der Waals surface area contributed by atoms with Crippen LogP contribution in [0.1, 0.15) is 6.42 Å². The van der Waals surface area contributed by atoms with Crippen molar-refractivity contribution in [3.05, 3.63) is 36.3 Å². The van der Waals surface area contributed by atoms with E-state index in [-0.39, 0.29) is 30.6 Å². The zero-order chi connectivity index (χ0) is 24.1. The summed E-state index contributed by atoms with van der Waals surface area (Å²) in [6.45, 7) is 2.17. The number of amides is 2. The number of methoxy groups -OCH3 is 1. The molecule has 3 aromatic rings. The molecule has 10 nitrogen and oxygen atoms in total. The number of carbonyl (C=O) groups is 2. The second-order valence-electron chi connectivity index (χ2n) is 7.76. The first kappa shape index (κ1) is 23.9. The Morgan fingerprint density at radius 2 is 2.06 bits per heavy atom. The van der Waals surface area contributed by atoms with Gasteiger partial charge in [0.25, 0.3) is 0 Å². The normalized spacial score (nSPS) is 15.8. The monoisotopic (exact) mass is 487 g/mol. The number of thioether (sulfide) groups is 1. The minimum atomic E-state index is -0.464. The maximum atomic E-state index is 13.2. The van der Waals surface area contributed by atoms with Crippen molar-refractivity contribution in [2.75, 3.05) is 49.8 Å². The van der Waals surface area contributed by atoms with Crippen LogP contribution < -0.4 is 15.5 Å². The van der Waals surface area contributed by atoms with Gasteiger partial charge in [-0.3, -0.25) is 9.59 Å². The maximum Gasteiger partial charge on any atom is 0.227 e. The molecule has 1 saturated heterocycles. The molecular formula is C22H26FN7O3S. The fraction of sp³-hybridized carbons (Fsp3) is 0.409. The summed E-state index contributed by atoms with van der Waals surface area (Å²) in [4.78, 5) is 35.7. The van der Waals surface area contributed by atoms with Gasteiger partial charge in [0.1, 0.15) is 11.6 Å². The zero-order valence-electron chi connectivity index (χ0n) is 19.0. The van der Waals surface area contributed by atoms with Gasteiger partial charge in [0.2, 0.25) is 11.8 Å². The van der Waals surface area contributed by atoms with E-state index in [1.807, 2.05) is 6.26 Å². The minimum absolute atomic E-state index is 0.120. The molecule has 1 aliphatic heterocycles. The second-order valence-corrected chi connectivity index (χ2v) is 8.53. The van der Waals surface area contributed by atoms with Crippen molar-refractivity contribution in [1.29, 1.82) is 0 Å². The van der Waals surface area contributed by atoms with Gasteiger partial charge in [-0.25, -0.2) is 19.0 Å². The summed E-state index contributed by atoms with van der Waals surface area (Å²) in [7, 11) is 1.64. The van der Waals surface area contributed by atoms with Gasteiger partial charge in [-0.1, -0.05) is 11.8 Å². The SMILES string of the molecule is COCCNc1nc(SC)nc2c1cnn2CCNC(=O)C1CC(=O)N(c2ccc(F)cc2)C1. The first-order chi connectivity index (χ1) is 16.5. The van der Waals surface area contributed by atoms with Gasteiger partial charge in [-0.05, 0) is 30.5 Å². The Balaban J connectivity index is 1.37. The van der Waals surface area contributed by atoms with Crippen LogP contribution in [0.2, 0.25) is 0 Å². The van der Waals surface area contributed by atoms with E-state index in [1.54, 1.807) is 30.1 Å². The third-order valence-electron chi connectivity index (χ3n) is 5.51. The van der Waals surface area contributed by atoms with E-state index in [4.69, 9.17) is 4.74 Å². The average Bonchev–Trinajstić information content (AvgIpc) is 3.43. The Hall–Kier alpha value is -3.25. The Bertz CT molecular complexity index is 1170. The van der Waals surface area contributed by atoms with E-state index in [0.29, 0.717) is 48.6 Å². The number of nitrogens with zero attached hydrogens (tertiary/aromatic N) is 5. The molecule has 0 bridgehead atoms. The largest absolute Gasteiger partial charge is 0.383 e. The summed E-state index contributed by atoms with van der Waals surface area (Å²) in [5, 5.41) is 12.0. The van der Waals surface area contributed by atoms with Crippen molar-refractivity contribution in [2.45, 2.75) is 18.1 Å². The number of fused-ring (bicyclic) bond motifs is 1. The lowest BCUT2D eigenvalue weighted by Gasteiger charge is -2.16. The van der Waals surface area contributed by atoms with Crippen LogP contribution in [0, 0.1) is 11.7 Å². The van der Waals surface area contributed by atoms with Crippen LogP contribution in [0.3, 0.4) is 0 Å². The molecule has 12 heteroatoms. The molecule has 1 fully saturated rings. The fourth-order valence-corrected chi connectivity index (χ4v) is 4.14. The Labute approximate surface area is 200 Å². The molecule has 4 rings (SSSR count). The molecule has 3 heterocycles. The van der Waals surface area contributed by atoms with Crippen LogP contribution in [0.4, 0.5) is 15.9 Å². The summed E-state index contributed by atoms with van der Waals surface area (Å²) in [5.74, 6) is -0.500. The lowest BCUT2D eigenvalue weighted by molar-refractivity contribution is -0.126. The standard InChI is InChI=1S/C22H26FN7O3S/c1-33-10-8-24-19-17-12-26-30(20(17)28-22(27-19)34-2)9-7-25-21(32)14-11-18(31)29(13-14)16-5-3-15(23)4-6-16/h3-6,12,14H,7-11,13H2,1-2H3,(H,25,32)(H,24,27,28). The van der Waals surface area contributed by atoms with Crippen LogP contribution in [0.25, 0.3) is 11.0 Å². The van der Waals surface area contributed by atoms with E-state index in [9.17, 15) is 14.0 Å². The van der Waals surface area contributed by atoms with Crippen molar-refractivity contribution in [3.63, 3.8) is 0 Å². The Morgan fingerprint density at radius 1 is 1.26 bits per heavy atom. The van der Waals surface area contributed by atoms with Gasteiger partial charge in [-0.2, -0.15) is 5.10 Å². The number of hydrogen-bond acceptors (Lipinski definition) is 8. The molecule has 180 valence electrons. The maximum absolute atomic E-state index is 13.2. The van der Waals surface area contributed by atoms with Crippen molar-refractivity contribution in [2.24, 2.45) is 5.92 Å². The summed E-state index contributed by atoms with van der Waals surface area (Å²) in [5.41, 5.74) is 1.26. The van der Waals surface area contributed by atoms with E-state index >= 15 is 0 Å². The average molecular weight is 488 g/mol. The molecule has 1 unspecified atom stereocenters. The molecule has 1 aliphatic rings. The van der Waals surface area contributed by atoms with E-state index in [1.165, 1.54) is 28.8 Å². The van der Waals surface area contributed by atoms with Crippen molar-refractivity contribution < 1.29 is 18.7 Å². The molecule has 1 atom stereocenters. The first-order valence-corrected chi connectivity index (χ1v) is 12.1. The van der Waals surface area contributed by atoms with Crippen LogP contribution in [-0.4, -0.2) is 71.2 Å². The smallest absolute Gasteiger partial charge is 0.227 e. The van der Waals surface area contributed by atoms with Crippen LogP contribution in [0.5, 0.6) is 0 Å². The summed E-state index contributed by atoms with van der Waals surface area (Å²) in [6, 6.07) is 5.68. The molecule has 0 radical (unpaired) electrons. The third-order valence-corrected chi connectivity index (χ3v) is 6.06. The number of hydrogen-bond donors (Lipinski definition) is 2. The van der Waals surface area contributed by atoms with Crippen LogP contribution >= 0.6 is 11.8 Å². The van der Waals surface area contributed by atoms with Crippen molar-refractivity contribution in [3.8, 4) is 0 Å². The number of ether oxygens (including phenoxy) is 1. The minimum Gasteiger partial charge on any atom is -0.383 e.